The van der Waals surface area contributed by atoms with Crippen molar-refractivity contribution in [3.05, 3.63) is 51.5 Å². The van der Waals surface area contributed by atoms with E-state index in [1.165, 1.54) is 16.2 Å². The lowest BCUT2D eigenvalue weighted by Crippen LogP contribution is -2.55. The predicted octanol–water partition coefficient (Wildman–Crippen LogP) is 4.25. The fourth-order valence-electron chi connectivity index (χ4n) is 4.44. The van der Waals surface area contributed by atoms with Crippen molar-refractivity contribution in [2.75, 3.05) is 13.7 Å². The summed E-state index contributed by atoms with van der Waals surface area (Å²) >= 11 is 7.71. The normalized spacial score (nSPS) is 18.7. The molecule has 1 saturated carbocycles. The Morgan fingerprint density at radius 3 is 2.75 bits per heavy atom. The number of fused-ring (bicyclic) bond motifs is 1. The summed E-state index contributed by atoms with van der Waals surface area (Å²) in [5.74, 6) is -1.08. The van der Waals surface area contributed by atoms with Crippen molar-refractivity contribution in [1.29, 1.82) is 0 Å². The summed E-state index contributed by atoms with van der Waals surface area (Å²) in [6.45, 7) is 1.41. The summed E-state index contributed by atoms with van der Waals surface area (Å²) in [4.78, 5) is 41.5. The largest absolute Gasteiger partial charge is 0.451 e. The minimum Gasteiger partial charge on any atom is -0.451 e. The molecule has 168 valence electrons. The molecule has 1 amide bonds. The minimum absolute atomic E-state index is 0.0495. The van der Waals surface area contributed by atoms with E-state index < -0.39 is 24.0 Å². The van der Waals surface area contributed by atoms with E-state index in [4.69, 9.17) is 16.3 Å². The number of hydrogen-bond donors (Lipinski definition) is 0. The van der Waals surface area contributed by atoms with Gasteiger partial charge in [0.1, 0.15) is 15.2 Å². The van der Waals surface area contributed by atoms with Crippen LogP contribution in [0.15, 0.2) is 30.3 Å². The van der Waals surface area contributed by atoms with Crippen LogP contribution in [0.2, 0.25) is 5.02 Å². The SMILES string of the molecule is Cc1nn(C)c2sc(C(=O)OCC(=O)N(C)C3(c4ccccc4Cl)CCCCC3=O)cc12. The topological polar surface area (TPSA) is 81.5 Å². The minimum atomic E-state index is -1.15. The van der Waals surface area contributed by atoms with E-state index in [0.29, 0.717) is 28.3 Å². The van der Waals surface area contributed by atoms with Crippen LogP contribution < -0.4 is 0 Å². The van der Waals surface area contributed by atoms with Crippen LogP contribution >= 0.6 is 22.9 Å². The zero-order valence-corrected chi connectivity index (χ0v) is 19.8. The zero-order chi connectivity index (χ0) is 23.0. The third-order valence-corrected chi connectivity index (χ3v) is 7.66. The molecule has 2 heterocycles. The number of aromatic nitrogens is 2. The first-order chi connectivity index (χ1) is 15.3. The molecule has 0 radical (unpaired) electrons. The first-order valence-corrected chi connectivity index (χ1v) is 11.6. The van der Waals surface area contributed by atoms with Gasteiger partial charge in [0.05, 0.1) is 5.69 Å². The molecule has 1 fully saturated rings. The molecule has 1 aliphatic carbocycles. The molecular weight excluding hydrogens is 450 g/mol. The van der Waals surface area contributed by atoms with Gasteiger partial charge in [-0.1, -0.05) is 29.8 Å². The smallest absolute Gasteiger partial charge is 0.348 e. The monoisotopic (exact) mass is 473 g/mol. The Hall–Kier alpha value is -2.71. The maximum absolute atomic E-state index is 13.1. The van der Waals surface area contributed by atoms with Gasteiger partial charge in [0.25, 0.3) is 5.91 Å². The van der Waals surface area contributed by atoms with Crippen molar-refractivity contribution in [3.8, 4) is 0 Å². The number of halogens is 1. The average Bonchev–Trinajstić information content (AvgIpc) is 3.33. The van der Waals surface area contributed by atoms with Crippen LogP contribution in [0.1, 0.15) is 46.6 Å². The summed E-state index contributed by atoms with van der Waals surface area (Å²) in [6, 6.07) is 8.83. The molecular formula is C23H24ClN3O4S. The molecule has 1 aromatic carbocycles. The number of benzene rings is 1. The molecule has 7 nitrogen and oxygen atoms in total. The molecule has 1 unspecified atom stereocenters. The molecule has 2 aromatic heterocycles. The summed E-state index contributed by atoms with van der Waals surface area (Å²) in [5.41, 5.74) is 0.285. The van der Waals surface area contributed by atoms with Gasteiger partial charge in [0, 0.05) is 36.5 Å². The van der Waals surface area contributed by atoms with E-state index in [9.17, 15) is 14.4 Å². The highest BCUT2D eigenvalue weighted by Crippen LogP contribution is 2.42. The van der Waals surface area contributed by atoms with Crippen LogP contribution in [0.4, 0.5) is 0 Å². The number of nitrogens with zero attached hydrogens (tertiary/aromatic N) is 3. The van der Waals surface area contributed by atoms with Gasteiger partial charge in [-0.3, -0.25) is 14.3 Å². The number of hydrogen-bond acceptors (Lipinski definition) is 6. The van der Waals surface area contributed by atoms with Crippen molar-refractivity contribution < 1.29 is 19.1 Å². The highest BCUT2D eigenvalue weighted by molar-refractivity contribution is 7.20. The lowest BCUT2D eigenvalue weighted by atomic mass is 9.74. The number of thiophene rings is 1. The van der Waals surface area contributed by atoms with Crippen molar-refractivity contribution in [2.24, 2.45) is 7.05 Å². The molecule has 9 heteroatoms. The number of amides is 1. The number of aryl methyl sites for hydroxylation is 2. The molecule has 3 aromatic rings. The zero-order valence-electron chi connectivity index (χ0n) is 18.2. The summed E-state index contributed by atoms with van der Waals surface area (Å²) in [6.07, 6.45) is 2.43. The standard InChI is InChI=1S/C23H24ClN3O4S/c1-14-15-12-18(32-21(15)27(3)25-14)22(30)31-13-20(29)26(2)23(11-7-6-10-19(23)28)16-8-4-5-9-17(16)24/h4-5,8-9,12H,6-7,10-11,13H2,1-3H3. The number of carbonyl (C=O) groups excluding carboxylic acids is 3. The number of rotatable bonds is 5. The molecule has 1 atom stereocenters. The summed E-state index contributed by atoms with van der Waals surface area (Å²) < 4.78 is 7.05. The highest BCUT2D eigenvalue weighted by Gasteiger charge is 2.48. The summed E-state index contributed by atoms with van der Waals surface area (Å²) in [5, 5.41) is 5.65. The second-order valence-electron chi connectivity index (χ2n) is 8.04. The second-order valence-corrected chi connectivity index (χ2v) is 9.48. The molecule has 32 heavy (non-hydrogen) atoms. The van der Waals surface area contributed by atoms with Crippen molar-refractivity contribution in [1.82, 2.24) is 14.7 Å². The van der Waals surface area contributed by atoms with Crippen molar-refractivity contribution in [3.63, 3.8) is 0 Å². The predicted molar refractivity (Wildman–Crippen MR) is 123 cm³/mol. The highest BCUT2D eigenvalue weighted by atomic mass is 35.5. The van der Waals surface area contributed by atoms with Gasteiger partial charge in [-0.2, -0.15) is 5.10 Å². The quantitative estimate of drug-likeness (QED) is 0.517. The fraction of sp³-hybridized carbons (Fsp3) is 0.391. The van der Waals surface area contributed by atoms with Crippen LogP contribution in [0.5, 0.6) is 0 Å². The Labute approximate surface area is 194 Å². The number of likely N-dealkylation sites (N-methyl/N-ethyl adjacent to an activating group) is 1. The van der Waals surface area contributed by atoms with Gasteiger partial charge < -0.3 is 9.64 Å². The van der Waals surface area contributed by atoms with Gasteiger partial charge in [0.15, 0.2) is 12.4 Å². The Morgan fingerprint density at radius 1 is 1.31 bits per heavy atom. The third-order valence-electron chi connectivity index (χ3n) is 6.14. The molecule has 0 aliphatic heterocycles. The number of carbonyl (C=O) groups is 3. The molecule has 4 rings (SSSR count). The van der Waals surface area contributed by atoms with E-state index in [0.717, 1.165) is 28.8 Å². The lowest BCUT2D eigenvalue weighted by Gasteiger charge is -2.43. The number of ketones is 1. The van der Waals surface area contributed by atoms with E-state index in [1.807, 2.05) is 20.0 Å². The molecule has 0 bridgehead atoms. The Bertz CT molecular complexity index is 1180. The number of Topliss-reactive ketones (excluding diaryl/α,β-unsaturated/α-hetero) is 1. The third kappa shape index (κ3) is 3.71. The summed E-state index contributed by atoms with van der Waals surface area (Å²) in [7, 11) is 3.39. The lowest BCUT2D eigenvalue weighted by molar-refractivity contribution is -0.150. The molecule has 1 aliphatic rings. The van der Waals surface area contributed by atoms with Crippen LogP contribution in [0.25, 0.3) is 10.2 Å². The Kier molecular flexibility index (Phi) is 6.09. The van der Waals surface area contributed by atoms with Gasteiger partial charge in [-0.25, -0.2) is 4.79 Å². The fourth-order valence-corrected chi connectivity index (χ4v) is 5.75. The van der Waals surface area contributed by atoms with Crippen LogP contribution in [0.3, 0.4) is 0 Å². The average molecular weight is 474 g/mol. The molecule has 0 N–H and O–H groups in total. The van der Waals surface area contributed by atoms with Crippen LogP contribution in [-0.4, -0.2) is 46.0 Å². The van der Waals surface area contributed by atoms with Crippen molar-refractivity contribution in [2.45, 2.75) is 38.1 Å². The van der Waals surface area contributed by atoms with Crippen molar-refractivity contribution >= 4 is 50.8 Å². The van der Waals surface area contributed by atoms with Gasteiger partial charge >= 0.3 is 5.97 Å². The maximum atomic E-state index is 13.1. The van der Waals surface area contributed by atoms with Crippen LogP contribution in [-0.2, 0) is 26.9 Å². The molecule has 0 spiro atoms. The first kappa shape index (κ1) is 22.5. The van der Waals surface area contributed by atoms with E-state index in [2.05, 4.69) is 5.10 Å². The Morgan fingerprint density at radius 2 is 2.06 bits per heavy atom. The number of ether oxygens (including phenoxy) is 1. The van der Waals surface area contributed by atoms with Gasteiger partial charge in [-0.15, -0.1) is 11.3 Å². The van der Waals surface area contributed by atoms with E-state index in [1.54, 1.807) is 36.0 Å². The first-order valence-electron chi connectivity index (χ1n) is 10.4. The van der Waals surface area contributed by atoms with Gasteiger partial charge in [0.2, 0.25) is 0 Å². The van der Waals surface area contributed by atoms with E-state index in [-0.39, 0.29) is 5.78 Å². The molecule has 0 saturated heterocycles. The van der Waals surface area contributed by atoms with Gasteiger partial charge in [-0.05, 0) is 38.3 Å². The maximum Gasteiger partial charge on any atom is 0.348 e. The second kappa shape index (κ2) is 8.67. The van der Waals surface area contributed by atoms with E-state index >= 15 is 0 Å². The number of esters is 1. The van der Waals surface area contributed by atoms with Crippen LogP contribution in [0, 0.1) is 6.92 Å². The Balaban J connectivity index is 1.54.